The van der Waals surface area contributed by atoms with Gasteiger partial charge in [0.2, 0.25) is 0 Å². The van der Waals surface area contributed by atoms with Crippen molar-refractivity contribution in [2.45, 2.75) is 65.2 Å². The van der Waals surface area contributed by atoms with E-state index in [-0.39, 0.29) is 22.5 Å². The molecule has 0 aliphatic heterocycles. The Morgan fingerprint density at radius 3 is 1.86 bits per heavy atom. The summed E-state index contributed by atoms with van der Waals surface area (Å²) in [5.74, 6) is 1.26. The smallest absolute Gasteiger partial charge is 0.149 e. The van der Waals surface area contributed by atoms with E-state index in [1.54, 1.807) is 0 Å². The second kappa shape index (κ2) is 14.4. The molecule has 6 aromatic carbocycles. The highest BCUT2D eigenvalue weighted by molar-refractivity contribution is 5.97. The van der Waals surface area contributed by atoms with Crippen LogP contribution in [0.4, 0.5) is 0 Å². The lowest BCUT2D eigenvalue weighted by Crippen LogP contribution is -2.17. The molecule has 1 N–H and O–H groups in total. The van der Waals surface area contributed by atoms with Crippen molar-refractivity contribution in [2.75, 3.05) is 0 Å². The van der Waals surface area contributed by atoms with Crippen LogP contribution in [-0.4, -0.2) is 19.6 Å². The number of aromatic nitrogens is 3. The molecule has 8 aromatic rings. The first-order valence-corrected chi connectivity index (χ1v) is 19.5. The van der Waals surface area contributed by atoms with Crippen LogP contribution in [0.5, 0.6) is 5.75 Å². The molecular formula is C52H49N3O. The van der Waals surface area contributed by atoms with Crippen molar-refractivity contribution >= 4 is 11.0 Å². The van der Waals surface area contributed by atoms with Crippen LogP contribution in [0, 0.1) is 0 Å². The van der Waals surface area contributed by atoms with Crippen LogP contribution in [-0.2, 0) is 10.8 Å². The predicted octanol–water partition coefficient (Wildman–Crippen LogP) is 13.5. The number of fused-ring (bicyclic) bond motifs is 1. The van der Waals surface area contributed by atoms with Gasteiger partial charge in [0.15, 0.2) is 0 Å². The Balaban J connectivity index is 1.35. The van der Waals surface area contributed by atoms with Crippen molar-refractivity contribution in [1.29, 1.82) is 0 Å². The summed E-state index contributed by atoms with van der Waals surface area (Å²) in [5, 5.41) is 12.1. The molecule has 0 saturated heterocycles. The summed E-state index contributed by atoms with van der Waals surface area (Å²) in [7, 11) is 0. The summed E-state index contributed by atoms with van der Waals surface area (Å²) >= 11 is 0. The van der Waals surface area contributed by atoms with Crippen LogP contribution in [0.1, 0.15) is 76.6 Å². The van der Waals surface area contributed by atoms with Gasteiger partial charge in [-0.05, 0) is 98.8 Å². The number of nitrogens with zero attached hydrogens (tertiary/aromatic N) is 3. The number of benzene rings is 6. The maximum atomic E-state index is 12.1. The summed E-state index contributed by atoms with van der Waals surface area (Å²) < 4.78 is 2.20. The molecule has 1 atom stereocenters. The molecule has 0 saturated carbocycles. The first-order valence-electron chi connectivity index (χ1n) is 19.5. The van der Waals surface area contributed by atoms with Gasteiger partial charge in [-0.1, -0.05) is 146 Å². The van der Waals surface area contributed by atoms with Gasteiger partial charge in [-0.2, -0.15) is 0 Å². The van der Waals surface area contributed by atoms with Crippen LogP contribution in [0.3, 0.4) is 0 Å². The van der Waals surface area contributed by atoms with Crippen molar-refractivity contribution in [3.05, 3.63) is 180 Å². The molecule has 0 aliphatic carbocycles. The van der Waals surface area contributed by atoms with Gasteiger partial charge in [-0.15, -0.1) is 0 Å². The number of imidazole rings is 1. The van der Waals surface area contributed by atoms with E-state index in [1.807, 2.05) is 24.4 Å². The summed E-state index contributed by atoms with van der Waals surface area (Å²) in [6, 6.07) is 53.5. The Kier molecular flexibility index (Phi) is 9.46. The highest BCUT2D eigenvalue weighted by Crippen LogP contribution is 2.45. The summed E-state index contributed by atoms with van der Waals surface area (Å²) in [6.07, 6.45) is 1.85. The van der Waals surface area contributed by atoms with Crippen molar-refractivity contribution < 1.29 is 5.11 Å². The second-order valence-corrected chi connectivity index (χ2v) is 17.0. The molecule has 0 fully saturated rings. The maximum absolute atomic E-state index is 12.1. The molecule has 4 heteroatoms. The number of rotatable bonds is 7. The van der Waals surface area contributed by atoms with Crippen LogP contribution in [0.25, 0.3) is 61.6 Å². The molecule has 0 aliphatic rings. The molecule has 0 radical (unpaired) electrons. The highest BCUT2D eigenvalue weighted by atomic mass is 16.3. The summed E-state index contributed by atoms with van der Waals surface area (Å²) in [4.78, 5) is 10.3. The van der Waals surface area contributed by atoms with Gasteiger partial charge >= 0.3 is 0 Å². The monoisotopic (exact) mass is 731 g/mol. The number of phenols is 1. The standard InChI is InChI=1S/C52H49N3O/c1-34(35-17-10-8-11-18-35)36-24-26-37(27-25-36)38-29-39(31-40(30-38)46-22-14-15-28-53-46)43-21-16-23-47-48(43)54-50(55(47)42-19-12-9-13-20-42)44-32-41(51(2,3)4)33-45(49(44)56)52(5,6)7/h8-34,56H,1-7H3. The molecule has 1 unspecified atom stereocenters. The van der Waals surface area contributed by atoms with E-state index in [0.717, 1.165) is 66.9 Å². The Bertz CT molecular complexity index is 2650. The zero-order chi connectivity index (χ0) is 39.2. The molecule has 2 heterocycles. The quantitative estimate of drug-likeness (QED) is 0.178. The molecule has 8 rings (SSSR count). The zero-order valence-corrected chi connectivity index (χ0v) is 33.4. The fourth-order valence-corrected chi connectivity index (χ4v) is 7.69. The Hall–Kier alpha value is -6.26. The molecular weight excluding hydrogens is 683 g/mol. The van der Waals surface area contributed by atoms with E-state index in [0.29, 0.717) is 5.82 Å². The topological polar surface area (TPSA) is 50.9 Å². The molecule has 0 amide bonds. The van der Waals surface area contributed by atoms with Gasteiger partial charge in [-0.25, -0.2) is 4.98 Å². The second-order valence-electron chi connectivity index (χ2n) is 17.0. The van der Waals surface area contributed by atoms with Crippen molar-refractivity contribution in [1.82, 2.24) is 14.5 Å². The minimum atomic E-state index is -0.283. The lowest BCUT2D eigenvalue weighted by Gasteiger charge is -2.27. The lowest BCUT2D eigenvalue weighted by molar-refractivity contribution is 0.446. The van der Waals surface area contributed by atoms with Gasteiger partial charge < -0.3 is 5.11 Å². The van der Waals surface area contributed by atoms with Crippen LogP contribution in [0.15, 0.2) is 158 Å². The van der Waals surface area contributed by atoms with Crippen LogP contribution in [0.2, 0.25) is 0 Å². The largest absolute Gasteiger partial charge is 0.507 e. The number of para-hydroxylation sites is 2. The molecule has 278 valence electrons. The minimum Gasteiger partial charge on any atom is -0.507 e. The van der Waals surface area contributed by atoms with E-state index in [9.17, 15) is 5.11 Å². The predicted molar refractivity (Wildman–Crippen MR) is 234 cm³/mol. The van der Waals surface area contributed by atoms with Crippen molar-refractivity contribution in [3.63, 3.8) is 0 Å². The van der Waals surface area contributed by atoms with Gasteiger partial charge in [0.05, 0.1) is 22.3 Å². The van der Waals surface area contributed by atoms with E-state index < -0.39 is 0 Å². The average molecular weight is 732 g/mol. The first-order chi connectivity index (χ1) is 26.9. The van der Waals surface area contributed by atoms with Gasteiger partial charge in [0.25, 0.3) is 0 Å². The maximum Gasteiger partial charge on any atom is 0.149 e. The fourth-order valence-electron chi connectivity index (χ4n) is 7.69. The number of pyridine rings is 1. The number of phenolic OH excluding ortho intramolecular Hbond substituents is 1. The fraction of sp³-hybridized carbons (Fsp3) is 0.192. The first kappa shape index (κ1) is 36.7. The Morgan fingerprint density at radius 1 is 0.554 bits per heavy atom. The number of hydrogen-bond donors (Lipinski definition) is 1. The summed E-state index contributed by atoms with van der Waals surface area (Å²) in [6.45, 7) is 15.4. The normalized spacial score (nSPS) is 12.6. The molecule has 4 nitrogen and oxygen atoms in total. The molecule has 2 aromatic heterocycles. The third-order valence-corrected chi connectivity index (χ3v) is 11.0. The van der Waals surface area contributed by atoms with Gasteiger partial charge in [0.1, 0.15) is 11.6 Å². The molecule has 56 heavy (non-hydrogen) atoms. The SMILES string of the molecule is CC(c1ccccc1)c1ccc(-c2cc(-c3ccccn3)cc(-c3cccc4c3nc(-c3cc(C(C)(C)C)cc(C(C)(C)C)c3O)n4-c3ccccc3)c2)cc1. The van der Waals surface area contributed by atoms with E-state index in [1.165, 1.54) is 11.1 Å². The Labute approximate surface area is 331 Å². The Morgan fingerprint density at radius 2 is 1.20 bits per heavy atom. The molecule has 0 bridgehead atoms. The van der Waals surface area contributed by atoms with Crippen LogP contribution < -0.4 is 0 Å². The van der Waals surface area contributed by atoms with E-state index in [2.05, 4.69) is 186 Å². The third-order valence-electron chi connectivity index (χ3n) is 11.0. The highest BCUT2D eigenvalue weighted by Gasteiger charge is 2.28. The molecule has 0 spiro atoms. The minimum absolute atomic E-state index is 0.142. The lowest BCUT2D eigenvalue weighted by atomic mass is 9.79. The van der Waals surface area contributed by atoms with Crippen molar-refractivity contribution in [2.24, 2.45) is 0 Å². The number of hydrogen-bond acceptors (Lipinski definition) is 3. The van der Waals surface area contributed by atoms with Gasteiger partial charge in [0, 0.05) is 34.5 Å². The van der Waals surface area contributed by atoms with Crippen molar-refractivity contribution in [3.8, 4) is 56.3 Å². The van der Waals surface area contributed by atoms with Gasteiger partial charge in [-0.3, -0.25) is 9.55 Å². The van der Waals surface area contributed by atoms with E-state index >= 15 is 0 Å². The number of aromatic hydroxyl groups is 1. The third kappa shape index (κ3) is 7.04. The van der Waals surface area contributed by atoms with E-state index in [4.69, 9.17) is 9.97 Å². The average Bonchev–Trinajstić information content (AvgIpc) is 3.60. The van der Waals surface area contributed by atoms with Crippen LogP contribution >= 0.6 is 0 Å². The zero-order valence-electron chi connectivity index (χ0n) is 33.4. The summed E-state index contributed by atoms with van der Waals surface area (Å²) in [5.41, 5.74) is 14.0.